The van der Waals surface area contributed by atoms with Gasteiger partial charge in [-0.2, -0.15) is 5.48 Å². The topological polar surface area (TPSA) is 61.8 Å². The molecule has 17 heavy (non-hydrogen) atoms. The Bertz CT molecular complexity index is 333. The molecule has 0 aromatic carbocycles. The Balaban J connectivity index is 2.52. The van der Waals surface area contributed by atoms with E-state index < -0.39 is 0 Å². The summed E-state index contributed by atoms with van der Waals surface area (Å²) in [7, 11) is 4.79. The van der Waals surface area contributed by atoms with Gasteiger partial charge in [-0.05, 0) is 0 Å². The van der Waals surface area contributed by atoms with Crippen LogP contribution in [-0.2, 0) is 16.1 Å². The Morgan fingerprint density at radius 1 is 1.18 bits per heavy atom. The Morgan fingerprint density at radius 2 is 2.00 bits per heavy atom. The van der Waals surface area contributed by atoms with Gasteiger partial charge in [-0.15, -0.1) is 0 Å². The maximum absolute atomic E-state index is 5.24. The monoisotopic (exact) mass is 242 g/mol. The third-order valence-corrected chi connectivity index (χ3v) is 2.10. The number of nitrogens with one attached hydrogen (secondary N) is 1. The highest BCUT2D eigenvalue weighted by Crippen LogP contribution is 2.28. The molecule has 6 heteroatoms. The van der Waals surface area contributed by atoms with Gasteiger partial charge in [0.25, 0.3) is 0 Å². The number of aromatic nitrogens is 1. The molecule has 0 saturated heterocycles. The second-order valence-electron chi connectivity index (χ2n) is 3.16. The molecule has 0 bridgehead atoms. The van der Waals surface area contributed by atoms with Gasteiger partial charge in [0, 0.05) is 19.4 Å². The lowest BCUT2D eigenvalue weighted by Gasteiger charge is -2.12. The molecule has 0 atom stereocenters. The normalized spacial score (nSPS) is 10.3. The lowest BCUT2D eigenvalue weighted by atomic mass is 10.3. The van der Waals surface area contributed by atoms with Crippen LogP contribution in [0.5, 0.6) is 11.5 Å². The molecule has 1 N–H and O–H groups in total. The fraction of sp³-hybridized carbons (Fsp3) is 0.545. The van der Waals surface area contributed by atoms with E-state index in [0.29, 0.717) is 31.3 Å². The van der Waals surface area contributed by atoms with Crippen molar-refractivity contribution < 1.29 is 19.0 Å². The fourth-order valence-electron chi connectivity index (χ4n) is 1.29. The quantitative estimate of drug-likeness (QED) is 0.536. The van der Waals surface area contributed by atoms with Crippen LogP contribution in [-0.4, -0.2) is 39.5 Å². The van der Waals surface area contributed by atoms with E-state index in [4.69, 9.17) is 19.0 Å². The summed E-state index contributed by atoms with van der Waals surface area (Å²) in [5.41, 5.74) is 3.51. The van der Waals surface area contributed by atoms with Crippen molar-refractivity contribution in [2.75, 3.05) is 34.5 Å². The summed E-state index contributed by atoms with van der Waals surface area (Å²) in [6, 6.07) is 1.74. The number of methoxy groups -OCH3 is 3. The van der Waals surface area contributed by atoms with Crippen molar-refractivity contribution in [3.05, 3.63) is 18.0 Å². The molecule has 96 valence electrons. The van der Waals surface area contributed by atoms with Crippen molar-refractivity contribution in [2.24, 2.45) is 0 Å². The van der Waals surface area contributed by atoms with Crippen LogP contribution in [0.25, 0.3) is 0 Å². The largest absolute Gasteiger partial charge is 0.493 e. The van der Waals surface area contributed by atoms with Crippen LogP contribution < -0.4 is 15.0 Å². The van der Waals surface area contributed by atoms with Crippen LogP contribution >= 0.6 is 0 Å². The third kappa shape index (κ3) is 4.18. The van der Waals surface area contributed by atoms with Crippen LogP contribution in [0, 0.1) is 0 Å². The van der Waals surface area contributed by atoms with Crippen molar-refractivity contribution in [3.8, 4) is 11.5 Å². The molecule has 0 saturated carbocycles. The minimum Gasteiger partial charge on any atom is -0.493 e. The van der Waals surface area contributed by atoms with Crippen molar-refractivity contribution >= 4 is 0 Å². The summed E-state index contributed by atoms with van der Waals surface area (Å²) >= 11 is 0. The standard InChI is InChI=1S/C11H18N2O4/c1-14-6-7-17-13-8-9-11(16-3)10(15-2)4-5-12-9/h4-5,13H,6-8H2,1-3H3. The summed E-state index contributed by atoms with van der Waals surface area (Å²) < 4.78 is 15.3. The van der Waals surface area contributed by atoms with Crippen molar-refractivity contribution in [1.29, 1.82) is 0 Å². The zero-order valence-electron chi connectivity index (χ0n) is 10.4. The Kier molecular flexibility index (Phi) is 6.31. The Morgan fingerprint density at radius 3 is 2.65 bits per heavy atom. The number of pyridine rings is 1. The van der Waals surface area contributed by atoms with E-state index in [1.165, 1.54) is 0 Å². The van der Waals surface area contributed by atoms with Crippen molar-refractivity contribution in [1.82, 2.24) is 10.5 Å². The first-order valence-electron chi connectivity index (χ1n) is 5.23. The van der Waals surface area contributed by atoms with Gasteiger partial charge in [0.1, 0.15) is 5.69 Å². The van der Waals surface area contributed by atoms with Crippen LogP contribution in [0.2, 0.25) is 0 Å². The van der Waals surface area contributed by atoms with Crippen LogP contribution in [0.4, 0.5) is 0 Å². The average molecular weight is 242 g/mol. The minimum atomic E-state index is 0.435. The minimum absolute atomic E-state index is 0.435. The molecule has 0 aliphatic rings. The van der Waals surface area contributed by atoms with Crippen molar-refractivity contribution in [2.45, 2.75) is 6.54 Å². The van der Waals surface area contributed by atoms with E-state index in [-0.39, 0.29) is 0 Å². The van der Waals surface area contributed by atoms with E-state index in [9.17, 15) is 0 Å². The number of rotatable bonds is 8. The number of hydroxylamine groups is 1. The highest BCUT2D eigenvalue weighted by Gasteiger charge is 2.10. The van der Waals surface area contributed by atoms with Crippen LogP contribution in [0.1, 0.15) is 5.69 Å². The molecule has 0 amide bonds. The first-order valence-corrected chi connectivity index (χ1v) is 5.23. The highest BCUT2D eigenvalue weighted by atomic mass is 16.7. The number of hydrogen-bond donors (Lipinski definition) is 1. The number of hydrogen-bond acceptors (Lipinski definition) is 6. The summed E-state index contributed by atoms with van der Waals surface area (Å²) in [4.78, 5) is 9.34. The highest BCUT2D eigenvalue weighted by molar-refractivity contribution is 5.42. The number of ether oxygens (including phenoxy) is 3. The van der Waals surface area contributed by atoms with Gasteiger partial charge < -0.3 is 14.2 Å². The van der Waals surface area contributed by atoms with E-state index >= 15 is 0 Å². The molecular formula is C11H18N2O4. The first kappa shape index (κ1) is 13.7. The molecule has 1 heterocycles. The van der Waals surface area contributed by atoms with Gasteiger partial charge in [0.15, 0.2) is 11.5 Å². The van der Waals surface area contributed by atoms with Crippen LogP contribution in [0.15, 0.2) is 12.3 Å². The second kappa shape index (κ2) is 7.83. The van der Waals surface area contributed by atoms with Crippen LogP contribution in [0.3, 0.4) is 0 Å². The summed E-state index contributed by atoms with van der Waals surface area (Å²) in [5.74, 6) is 1.26. The lowest BCUT2D eigenvalue weighted by molar-refractivity contribution is 0.00268. The first-order chi connectivity index (χ1) is 8.33. The fourth-order valence-corrected chi connectivity index (χ4v) is 1.29. The van der Waals surface area contributed by atoms with Gasteiger partial charge in [-0.3, -0.25) is 9.82 Å². The van der Waals surface area contributed by atoms with Gasteiger partial charge in [-0.25, -0.2) is 0 Å². The summed E-state index contributed by atoms with van der Waals surface area (Å²) in [6.45, 7) is 1.45. The maximum atomic E-state index is 5.24. The number of nitrogens with zero attached hydrogens (tertiary/aromatic N) is 1. The summed E-state index contributed by atoms with van der Waals surface area (Å²) in [6.07, 6.45) is 1.66. The average Bonchev–Trinajstić information content (AvgIpc) is 2.38. The van der Waals surface area contributed by atoms with E-state index in [1.54, 1.807) is 33.6 Å². The molecule has 6 nitrogen and oxygen atoms in total. The molecule has 0 aliphatic carbocycles. The van der Waals surface area contributed by atoms with Gasteiger partial charge in [0.05, 0.1) is 34.0 Å². The molecule has 1 aromatic heterocycles. The summed E-state index contributed by atoms with van der Waals surface area (Å²) in [5, 5.41) is 0. The molecule has 1 rings (SSSR count). The van der Waals surface area contributed by atoms with E-state index in [1.807, 2.05) is 0 Å². The zero-order chi connectivity index (χ0) is 12.5. The van der Waals surface area contributed by atoms with Gasteiger partial charge in [0.2, 0.25) is 0 Å². The van der Waals surface area contributed by atoms with Gasteiger partial charge >= 0.3 is 0 Å². The second-order valence-corrected chi connectivity index (χ2v) is 3.16. The van der Waals surface area contributed by atoms with Gasteiger partial charge in [-0.1, -0.05) is 0 Å². The molecule has 0 radical (unpaired) electrons. The third-order valence-electron chi connectivity index (χ3n) is 2.10. The molecular weight excluding hydrogens is 224 g/mol. The molecule has 0 aliphatic heterocycles. The molecule has 1 aromatic rings. The Labute approximate surface area is 101 Å². The predicted molar refractivity (Wildman–Crippen MR) is 62.0 cm³/mol. The SMILES string of the molecule is COCCONCc1nccc(OC)c1OC. The lowest BCUT2D eigenvalue weighted by Crippen LogP contribution is -2.18. The smallest absolute Gasteiger partial charge is 0.183 e. The zero-order valence-corrected chi connectivity index (χ0v) is 10.4. The van der Waals surface area contributed by atoms with Crippen molar-refractivity contribution in [3.63, 3.8) is 0 Å². The predicted octanol–water partition coefficient (Wildman–Crippen LogP) is 0.766. The maximum Gasteiger partial charge on any atom is 0.183 e. The Hall–Kier alpha value is -1.37. The molecule has 0 spiro atoms. The van der Waals surface area contributed by atoms with E-state index in [2.05, 4.69) is 10.5 Å². The molecule has 0 unspecified atom stereocenters. The molecule has 0 fully saturated rings. The van der Waals surface area contributed by atoms with E-state index in [0.717, 1.165) is 5.69 Å².